The van der Waals surface area contributed by atoms with Crippen LogP contribution >= 0.6 is 0 Å². The van der Waals surface area contributed by atoms with E-state index in [4.69, 9.17) is 0 Å². The SMILES string of the molecule is c1ccc(N2c3ccccc3B3c4cc(-n5c6ccccc6c6c7c(c8ccccc8n7-c7ccccc7)c7c(c8ccccc8n7-c7ccccc7)c65)ccc4N(c4ccccc4)c4cc(-n5c6ccccc6c6ccccc65)cc2c43)cc1. The van der Waals surface area contributed by atoms with E-state index in [0.29, 0.717) is 0 Å². The van der Waals surface area contributed by atoms with Crippen LogP contribution in [-0.4, -0.2) is 25.0 Å². The molecule has 19 rings (SSSR count). The molecular formula is C78H49BN6. The largest absolute Gasteiger partial charge is 0.311 e. The lowest BCUT2D eigenvalue weighted by molar-refractivity contribution is 1.16. The minimum Gasteiger partial charge on any atom is -0.311 e. The van der Waals surface area contributed by atoms with Crippen molar-refractivity contribution in [3.8, 4) is 22.7 Å². The fourth-order valence-corrected chi connectivity index (χ4v) is 15.2. The number of benzene rings is 13. The standard InChI is InChI=1S/C78H49BN6/c1-5-25-50(26-6-1)80-68-44-24-18-38-61(68)79-62-47-54(45-46-69(62)81(51-27-7-2-8-28-51)71-49-55(48-70(80)75(71)79)82-63-39-19-13-33-56(63)57-34-14-20-40-64(57)82)85-67-43-23-17-37-60(67)74-77-72(58-35-15-21-41-65(58)83(77)52-29-9-3-10-30-52)76-73(78(74)85)59-36-16-22-42-66(59)84(76)53-31-11-4-12-32-53/h1-49H. The summed E-state index contributed by atoms with van der Waals surface area (Å²) in [5.74, 6) is 0. The molecule has 0 spiro atoms. The Morgan fingerprint density at radius 2 is 0.553 bits per heavy atom. The predicted molar refractivity (Wildman–Crippen MR) is 358 cm³/mol. The molecule has 0 amide bonds. The van der Waals surface area contributed by atoms with Gasteiger partial charge in [0.2, 0.25) is 0 Å². The molecule has 0 radical (unpaired) electrons. The molecule has 0 N–H and O–H groups in total. The minimum atomic E-state index is -0.135. The summed E-state index contributed by atoms with van der Waals surface area (Å²) in [4.78, 5) is 5.06. The van der Waals surface area contributed by atoms with Gasteiger partial charge in [0.05, 0.1) is 49.8 Å². The van der Waals surface area contributed by atoms with Crippen LogP contribution in [0, 0.1) is 0 Å². The Morgan fingerprint density at radius 1 is 0.212 bits per heavy atom. The third-order valence-electron chi connectivity index (χ3n) is 18.4. The van der Waals surface area contributed by atoms with Gasteiger partial charge in [-0.3, -0.25) is 0 Å². The number of aromatic nitrogens is 4. The van der Waals surface area contributed by atoms with E-state index < -0.39 is 0 Å². The van der Waals surface area contributed by atoms with Crippen LogP contribution in [-0.2, 0) is 0 Å². The van der Waals surface area contributed by atoms with Gasteiger partial charge in [-0.25, -0.2) is 0 Å². The highest BCUT2D eigenvalue weighted by molar-refractivity contribution is 7.00. The molecule has 0 saturated carbocycles. The molecule has 0 bridgehead atoms. The maximum atomic E-state index is 2.61. The summed E-state index contributed by atoms with van der Waals surface area (Å²) in [6, 6.07) is 110. The Labute approximate surface area is 489 Å². The summed E-state index contributed by atoms with van der Waals surface area (Å²) >= 11 is 0. The van der Waals surface area contributed by atoms with E-state index in [1.54, 1.807) is 0 Å². The van der Waals surface area contributed by atoms with Crippen molar-refractivity contribution in [1.29, 1.82) is 0 Å². The molecule has 0 unspecified atom stereocenters. The molecule has 4 aromatic heterocycles. The molecular weight excluding hydrogens is 1030 g/mol. The average molecular weight is 1080 g/mol. The average Bonchev–Trinajstić information content (AvgIpc) is 1.71. The van der Waals surface area contributed by atoms with E-state index in [1.165, 1.54) is 104 Å². The van der Waals surface area contributed by atoms with Gasteiger partial charge in [-0.05, 0) is 132 Å². The number of fused-ring (bicyclic) bond motifs is 19. The zero-order chi connectivity index (χ0) is 55.4. The monoisotopic (exact) mass is 1080 g/mol. The summed E-state index contributed by atoms with van der Waals surface area (Å²) in [6.07, 6.45) is 0. The second-order valence-electron chi connectivity index (χ2n) is 22.7. The van der Waals surface area contributed by atoms with Crippen molar-refractivity contribution < 1.29 is 0 Å². The van der Waals surface area contributed by atoms with Crippen LogP contribution in [0.3, 0.4) is 0 Å². The Kier molecular flexibility index (Phi) is 9.61. The highest BCUT2D eigenvalue weighted by Crippen LogP contribution is 2.52. The van der Waals surface area contributed by atoms with Gasteiger partial charge in [-0.1, -0.05) is 182 Å². The number of nitrogens with zero attached hydrogens (tertiary/aromatic N) is 6. The van der Waals surface area contributed by atoms with E-state index in [1.807, 2.05) is 0 Å². The van der Waals surface area contributed by atoms with E-state index >= 15 is 0 Å². The topological polar surface area (TPSA) is 26.2 Å². The first-order chi connectivity index (χ1) is 42.3. The summed E-state index contributed by atoms with van der Waals surface area (Å²) in [5.41, 5.74) is 24.5. The fraction of sp³-hybridized carbons (Fsp3) is 0. The normalized spacial score (nSPS) is 12.9. The molecule has 17 aromatic rings. The molecule has 6 heterocycles. The zero-order valence-corrected chi connectivity index (χ0v) is 46.1. The van der Waals surface area contributed by atoms with Crippen molar-refractivity contribution in [2.75, 3.05) is 9.80 Å². The fourth-order valence-electron chi connectivity index (χ4n) is 15.2. The summed E-state index contributed by atoms with van der Waals surface area (Å²) in [5, 5.41) is 9.79. The molecule has 0 saturated heterocycles. The Morgan fingerprint density at radius 3 is 1.00 bits per heavy atom. The van der Waals surface area contributed by atoms with Crippen molar-refractivity contribution in [2.45, 2.75) is 0 Å². The smallest absolute Gasteiger partial charge is 0.252 e. The van der Waals surface area contributed by atoms with Gasteiger partial charge in [-0.15, -0.1) is 0 Å². The van der Waals surface area contributed by atoms with Crippen molar-refractivity contribution in [3.63, 3.8) is 0 Å². The van der Waals surface area contributed by atoms with Gasteiger partial charge >= 0.3 is 0 Å². The van der Waals surface area contributed by atoms with Crippen LogP contribution in [0.4, 0.5) is 34.1 Å². The summed E-state index contributed by atoms with van der Waals surface area (Å²) in [6.45, 7) is -0.135. The van der Waals surface area contributed by atoms with Gasteiger partial charge in [0.1, 0.15) is 0 Å². The summed E-state index contributed by atoms with van der Waals surface area (Å²) in [7, 11) is 0. The van der Waals surface area contributed by atoms with Crippen LogP contribution in [0.25, 0.3) is 110 Å². The van der Waals surface area contributed by atoms with Gasteiger partial charge in [0, 0.05) is 94.3 Å². The molecule has 0 atom stereocenters. The van der Waals surface area contributed by atoms with Crippen LogP contribution in [0.5, 0.6) is 0 Å². The molecule has 0 aliphatic carbocycles. The lowest BCUT2D eigenvalue weighted by Gasteiger charge is -2.44. The van der Waals surface area contributed by atoms with Gasteiger partial charge in [0.15, 0.2) is 0 Å². The first-order valence-electron chi connectivity index (χ1n) is 29.4. The Bertz CT molecular complexity index is 5480. The highest BCUT2D eigenvalue weighted by Gasteiger charge is 2.44. The molecule has 13 aromatic carbocycles. The maximum absolute atomic E-state index is 2.61. The lowest BCUT2D eigenvalue weighted by Crippen LogP contribution is -2.61. The maximum Gasteiger partial charge on any atom is 0.252 e. The van der Waals surface area contributed by atoms with E-state index in [-0.39, 0.29) is 6.71 Å². The third kappa shape index (κ3) is 6.33. The first-order valence-corrected chi connectivity index (χ1v) is 29.4. The molecule has 394 valence electrons. The van der Waals surface area contributed by atoms with Gasteiger partial charge < -0.3 is 28.1 Å². The molecule has 2 aliphatic rings. The second kappa shape index (κ2) is 17.6. The number of para-hydroxylation sites is 10. The minimum absolute atomic E-state index is 0.135. The van der Waals surface area contributed by atoms with Crippen LogP contribution < -0.4 is 26.2 Å². The van der Waals surface area contributed by atoms with Crippen molar-refractivity contribution in [1.82, 2.24) is 18.3 Å². The molecule has 7 heteroatoms. The molecule has 2 aliphatic heterocycles. The van der Waals surface area contributed by atoms with E-state index in [9.17, 15) is 0 Å². The second-order valence-corrected chi connectivity index (χ2v) is 22.7. The van der Waals surface area contributed by atoms with E-state index in [0.717, 1.165) is 56.7 Å². The number of hydrogen-bond acceptors (Lipinski definition) is 2. The lowest BCUT2D eigenvalue weighted by atomic mass is 9.33. The molecule has 0 fully saturated rings. The third-order valence-corrected chi connectivity index (χ3v) is 18.4. The van der Waals surface area contributed by atoms with Crippen molar-refractivity contribution >= 4 is 144 Å². The Balaban J connectivity index is 0.969. The van der Waals surface area contributed by atoms with Crippen molar-refractivity contribution in [3.05, 3.63) is 297 Å². The van der Waals surface area contributed by atoms with Gasteiger partial charge in [0.25, 0.3) is 6.71 Å². The van der Waals surface area contributed by atoms with E-state index in [2.05, 4.69) is 325 Å². The Hall–Kier alpha value is -11.3. The molecule has 85 heavy (non-hydrogen) atoms. The number of rotatable bonds is 6. The van der Waals surface area contributed by atoms with Gasteiger partial charge in [-0.2, -0.15) is 0 Å². The zero-order valence-electron chi connectivity index (χ0n) is 46.1. The van der Waals surface area contributed by atoms with Crippen molar-refractivity contribution in [2.24, 2.45) is 0 Å². The molecule has 6 nitrogen and oxygen atoms in total. The number of hydrogen-bond donors (Lipinski definition) is 0. The van der Waals surface area contributed by atoms with Crippen LogP contribution in [0.15, 0.2) is 297 Å². The van der Waals surface area contributed by atoms with Crippen LogP contribution in [0.1, 0.15) is 0 Å². The quantitative estimate of drug-likeness (QED) is 0.155. The summed E-state index contributed by atoms with van der Waals surface area (Å²) < 4.78 is 10.2. The first kappa shape index (κ1) is 46.3. The predicted octanol–water partition coefficient (Wildman–Crippen LogP) is 18.2. The number of anilines is 6. The van der Waals surface area contributed by atoms with Crippen LogP contribution in [0.2, 0.25) is 0 Å². The highest BCUT2D eigenvalue weighted by atomic mass is 15.2.